The van der Waals surface area contributed by atoms with Crippen molar-refractivity contribution in [2.45, 2.75) is 33.7 Å². The Kier molecular flexibility index (Phi) is 3.64. The molecule has 0 N–H and O–H groups in total. The molecule has 0 atom stereocenters. The summed E-state index contributed by atoms with van der Waals surface area (Å²) in [7, 11) is 0. The second-order valence-corrected chi connectivity index (χ2v) is 6.65. The molecule has 0 radical (unpaired) electrons. The van der Waals surface area contributed by atoms with Crippen molar-refractivity contribution in [3.8, 4) is 22.8 Å². The quantitative estimate of drug-likeness (QED) is 0.532. The van der Waals surface area contributed by atoms with Gasteiger partial charge in [0.15, 0.2) is 0 Å². The zero-order valence-corrected chi connectivity index (χ0v) is 14.8. The summed E-state index contributed by atoms with van der Waals surface area (Å²) in [5.41, 5.74) is 5.32. The number of fused-ring (bicyclic) bond motifs is 1. The molecule has 126 valence electrons. The van der Waals surface area contributed by atoms with E-state index >= 15 is 0 Å². The van der Waals surface area contributed by atoms with Crippen LogP contribution in [0.2, 0.25) is 0 Å². The maximum atomic E-state index is 5.53. The summed E-state index contributed by atoms with van der Waals surface area (Å²) in [5.74, 6) is 1.15. The van der Waals surface area contributed by atoms with Crippen LogP contribution in [-0.2, 0) is 0 Å². The van der Waals surface area contributed by atoms with E-state index in [9.17, 15) is 0 Å². The Morgan fingerprint density at radius 1 is 1.04 bits per heavy atom. The van der Waals surface area contributed by atoms with Crippen molar-refractivity contribution >= 4 is 10.9 Å². The second-order valence-electron chi connectivity index (χ2n) is 6.65. The van der Waals surface area contributed by atoms with Crippen LogP contribution >= 0.6 is 0 Å². The highest BCUT2D eigenvalue weighted by molar-refractivity contribution is 5.83. The van der Waals surface area contributed by atoms with Gasteiger partial charge in [0.05, 0.1) is 11.7 Å². The van der Waals surface area contributed by atoms with Crippen molar-refractivity contribution < 1.29 is 4.52 Å². The second kappa shape index (κ2) is 5.84. The largest absolute Gasteiger partial charge is 0.334 e. The van der Waals surface area contributed by atoms with Crippen molar-refractivity contribution in [1.82, 2.24) is 19.9 Å². The number of hydrogen-bond acceptors (Lipinski definition) is 4. The van der Waals surface area contributed by atoms with Gasteiger partial charge in [-0.15, -0.1) is 0 Å². The molecule has 5 heteroatoms. The Bertz CT molecular complexity index is 1040. The predicted octanol–water partition coefficient (Wildman–Crippen LogP) is 4.95. The van der Waals surface area contributed by atoms with Crippen LogP contribution in [0.15, 0.2) is 47.1 Å². The van der Waals surface area contributed by atoms with Gasteiger partial charge in [-0.2, -0.15) is 10.1 Å². The molecule has 0 unspecified atom stereocenters. The lowest BCUT2D eigenvalue weighted by Gasteiger charge is -2.06. The summed E-state index contributed by atoms with van der Waals surface area (Å²) in [5, 5.41) is 9.71. The third-order valence-electron chi connectivity index (χ3n) is 4.46. The highest BCUT2D eigenvalue weighted by Gasteiger charge is 2.15. The number of benzene rings is 2. The van der Waals surface area contributed by atoms with E-state index in [1.807, 2.05) is 29.1 Å². The molecule has 4 aromatic rings. The standard InChI is InChI=1S/C20H20N4O/c1-12(2)24-17-9-8-15(10-16(17)11-21-24)20-22-19(23-25-20)18-13(3)6-5-7-14(18)4/h5-12H,1-4H3. The Labute approximate surface area is 146 Å². The Hall–Kier alpha value is -2.95. The summed E-state index contributed by atoms with van der Waals surface area (Å²) < 4.78 is 7.54. The zero-order chi connectivity index (χ0) is 17.6. The highest BCUT2D eigenvalue weighted by Crippen LogP contribution is 2.29. The molecular formula is C20H20N4O. The summed E-state index contributed by atoms with van der Waals surface area (Å²) in [6.45, 7) is 8.36. The molecule has 5 nitrogen and oxygen atoms in total. The lowest BCUT2D eigenvalue weighted by atomic mass is 10.0. The van der Waals surface area contributed by atoms with Crippen molar-refractivity contribution in [1.29, 1.82) is 0 Å². The van der Waals surface area contributed by atoms with Crippen LogP contribution in [-0.4, -0.2) is 19.9 Å². The third-order valence-corrected chi connectivity index (χ3v) is 4.46. The Morgan fingerprint density at radius 2 is 1.80 bits per heavy atom. The fourth-order valence-corrected chi connectivity index (χ4v) is 3.21. The van der Waals surface area contributed by atoms with Crippen LogP contribution in [0.3, 0.4) is 0 Å². The van der Waals surface area contributed by atoms with E-state index in [2.05, 4.69) is 61.1 Å². The van der Waals surface area contributed by atoms with Crippen LogP contribution in [0.4, 0.5) is 0 Å². The van der Waals surface area contributed by atoms with Gasteiger partial charge < -0.3 is 4.52 Å². The number of rotatable bonds is 3. The average molecular weight is 332 g/mol. The minimum atomic E-state index is 0.322. The molecule has 25 heavy (non-hydrogen) atoms. The fourth-order valence-electron chi connectivity index (χ4n) is 3.21. The Morgan fingerprint density at radius 3 is 2.52 bits per heavy atom. The molecule has 2 aromatic carbocycles. The smallest absolute Gasteiger partial charge is 0.258 e. The lowest BCUT2D eigenvalue weighted by Crippen LogP contribution is -2.01. The molecule has 0 saturated heterocycles. The van der Waals surface area contributed by atoms with E-state index in [1.54, 1.807) is 0 Å². The van der Waals surface area contributed by atoms with E-state index in [4.69, 9.17) is 4.52 Å². The van der Waals surface area contributed by atoms with Crippen molar-refractivity contribution in [3.05, 3.63) is 53.7 Å². The summed E-state index contributed by atoms with van der Waals surface area (Å²) in [4.78, 5) is 4.62. The van der Waals surface area contributed by atoms with Crippen molar-refractivity contribution in [2.24, 2.45) is 0 Å². The summed E-state index contributed by atoms with van der Waals surface area (Å²) in [6.07, 6.45) is 1.88. The molecule has 0 aliphatic rings. The maximum Gasteiger partial charge on any atom is 0.258 e. The van der Waals surface area contributed by atoms with Crippen LogP contribution < -0.4 is 0 Å². The minimum absolute atomic E-state index is 0.322. The normalized spacial score (nSPS) is 11.6. The first-order valence-corrected chi connectivity index (χ1v) is 8.42. The Balaban J connectivity index is 1.76. The molecule has 0 fully saturated rings. The third kappa shape index (κ3) is 2.61. The SMILES string of the molecule is Cc1cccc(C)c1-c1noc(-c2ccc3c(cnn3C(C)C)c2)n1. The lowest BCUT2D eigenvalue weighted by molar-refractivity contribution is 0.432. The first-order valence-electron chi connectivity index (χ1n) is 8.42. The summed E-state index contributed by atoms with van der Waals surface area (Å²) in [6, 6.07) is 12.6. The molecular weight excluding hydrogens is 312 g/mol. The van der Waals surface area contributed by atoms with Gasteiger partial charge in [-0.3, -0.25) is 4.68 Å². The van der Waals surface area contributed by atoms with E-state index in [0.717, 1.165) is 33.2 Å². The zero-order valence-electron chi connectivity index (χ0n) is 14.8. The van der Waals surface area contributed by atoms with E-state index in [1.165, 1.54) is 0 Å². The molecule has 0 spiro atoms. The predicted molar refractivity (Wildman–Crippen MR) is 98.3 cm³/mol. The van der Waals surface area contributed by atoms with Crippen LogP contribution in [0.5, 0.6) is 0 Å². The van der Waals surface area contributed by atoms with Gasteiger partial charge in [0.25, 0.3) is 5.89 Å². The van der Waals surface area contributed by atoms with Gasteiger partial charge in [0.1, 0.15) is 0 Å². The maximum absolute atomic E-state index is 5.53. The number of hydrogen-bond donors (Lipinski definition) is 0. The monoisotopic (exact) mass is 332 g/mol. The van der Waals surface area contributed by atoms with Crippen molar-refractivity contribution in [3.63, 3.8) is 0 Å². The molecule has 0 saturated carbocycles. The number of nitrogens with zero attached hydrogens (tertiary/aromatic N) is 4. The summed E-state index contributed by atoms with van der Waals surface area (Å²) >= 11 is 0. The van der Waals surface area contributed by atoms with E-state index in [-0.39, 0.29) is 0 Å². The van der Waals surface area contributed by atoms with Gasteiger partial charge in [-0.25, -0.2) is 0 Å². The average Bonchev–Trinajstić information content (AvgIpc) is 3.21. The number of aromatic nitrogens is 4. The highest BCUT2D eigenvalue weighted by atomic mass is 16.5. The van der Waals surface area contributed by atoms with Gasteiger partial charge in [0, 0.05) is 22.6 Å². The topological polar surface area (TPSA) is 56.7 Å². The van der Waals surface area contributed by atoms with Crippen LogP contribution in [0.1, 0.15) is 31.0 Å². The van der Waals surface area contributed by atoms with Gasteiger partial charge in [-0.05, 0) is 57.0 Å². The molecule has 4 rings (SSSR count). The first-order chi connectivity index (χ1) is 12.0. The molecule has 2 heterocycles. The molecule has 0 aliphatic heterocycles. The van der Waals surface area contributed by atoms with E-state index < -0.39 is 0 Å². The first kappa shape index (κ1) is 15.6. The van der Waals surface area contributed by atoms with Gasteiger partial charge in [-0.1, -0.05) is 23.4 Å². The molecule has 2 aromatic heterocycles. The fraction of sp³-hybridized carbons (Fsp3) is 0.250. The van der Waals surface area contributed by atoms with Gasteiger partial charge in [0.2, 0.25) is 5.82 Å². The van der Waals surface area contributed by atoms with Crippen molar-refractivity contribution in [2.75, 3.05) is 0 Å². The minimum Gasteiger partial charge on any atom is -0.334 e. The van der Waals surface area contributed by atoms with Crippen LogP contribution in [0.25, 0.3) is 33.7 Å². The molecule has 0 bridgehead atoms. The number of aryl methyl sites for hydroxylation is 2. The molecule has 0 amide bonds. The molecule has 0 aliphatic carbocycles. The van der Waals surface area contributed by atoms with Crippen LogP contribution in [0, 0.1) is 13.8 Å². The van der Waals surface area contributed by atoms with E-state index in [0.29, 0.717) is 17.8 Å². The van der Waals surface area contributed by atoms with Gasteiger partial charge >= 0.3 is 0 Å².